The Hall–Kier alpha value is -2.71. The van der Waals surface area contributed by atoms with Crippen LogP contribution in [0.5, 0.6) is 5.06 Å². The fourth-order valence-corrected chi connectivity index (χ4v) is 4.30. The van der Waals surface area contributed by atoms with Gasteiger partial charge in [0.1, 0.15) is 5.69 Å². The molecule has 0 bridgehead atoms. The van der Waals surface area contributed by atoms with Gasteiger partial charge in [0.25, 0.3) is 0 Å². The van der Waals surface area contributed by atoms with Crippen molar-refractivity contribution in [1.82, 2.24) is 10.3 Å². The molecule has 150 valence electrons. The van der Waals surface area contributed by atoms with Gasteiger partial charge in [0, 0.05) is 22.7 Å². The lowest BCUT2D eigenvalue weighted by atomic mass is 10.1. The van der Waals surface area contributed by atoms with Crippen LogP contribution < -0.4 is 10.1 Å². The summed E-state index contributed by atoms with van der Waals surface area (Å²) in [6, 6.07) is 14.0. The van der Waals surface area contributed by atoms with E-state index in [1.165, 1.54) is 17.4 Å². The van der Waals surface area contributed by atoms with Crippen LogP contribution in [-0.2, 0) is 12.6 Å². The smallest absolute Gasteiger partial charge is 0.399 e. The van der Waals surface area contributed by atoms with Crippen molar-refractivity contribution in [2.45, 2.75) is 12.6 Å². The molecule has 2 N–H and O–H groups in total. The number of ether oxygens (including phenoxy) is 1. The number of alkyl halides is 3. The highest BCUT2D eigenvalue weighted by atomic mass is 35.5. The summed E-state index contributed by atoms with van der Waals surface area (Å²) in [5.74, 6) is 0. The third-order valence-corrected chi connectivity index (χ3v) is 5.72. The molecule has 4 aromatic rings. The van der Waals surface area contributed by atoms with Crippen LogP contribution in [0, 0.1) is 0 Å². The van der Waals surface area contributed by atoms with Crippen LogP contribution in [0.2, 0.25) is 5.02 Å². The first-order valence-electron chi connectivity index (χ1n) is 8.63. The molecule has 1 amide bonds. The molecule has 2 aromatic heterocycles. The number of amides is 1. The number of hydrogen-bond acceptors (Lipinski definition) is 3. The van der Waals surface area contributed by atoms with E-state index < -0.39 is 18.0 Å². The lowest BCUT2D eigenvalue weighted by Gasteiger charge is -2.09. The van der Waals surface area contributed by atoms with Gasteiger partial charge in [-0.05, 0) is 29.5 Å². The van der Waals surface area contributed by atoms with Crippen molar-refractivity contribution >= 4 is 50.0 Å². The van der Waals surface area contributed by atoms with Gasteiger partial charge in [-0.2, -0.15) is 13.2 Å². The van der Waals surface area contributed by atoms with Gasteiger partial charge in [-0.3, -0.25) is 0 Å². The molecule has 0 saturated heterocycles. The predicted molar refractivity (Wildman–Crippen MR) is 108 cm³/mol. The molecule has 0 spiro atoms. The van der Waals surface area contributed by atoms with Crippen molar-refractivity contribution < 1.29 is 22.7 Å². The molecule has 2 heterocycles. The second-order valence-electron chi connectivity index (χ2n) is 6.31. The maximum absolute atomic E-state index is 13.4. The van der Waals surface area contributed by atoms with Crippen LogP contribution in [0.25, 0.3) is 21.0 Å². The zero-order chi connectivity index (χ0) is 20.6. The fraction of sp³-hybridized carbons (Fsp3) is 0.150. The number of benzene rings is 2. The number of carbonyl (C=O) groups is 1. The molecule has 0 saturated carbocycles. The van der Waals surface area contributed by atoms with E-state index >= 15 is 0 Å². The molecule has 9 heteroatoms. The summed E-state index contributed by atoms with van der Waals surface area (Å²) in [7, 11) is 0. The molecule has 0 atom stereocenters. The van der Waals surface area contributed by atoms with E-state index in [2.05, 4.69) is 10.3 Å². The Labute approximate surface area is 172 Å². The van der Waals surface area contributed by atoms with Gasteiger partial charge in [0.2, 0.25) is 0 Å². The Morgan fingerprint density at radius 2 is 1.97 bits per heavy atom. The number of thiophene rings is 1. The van der Waals surface area contributed by atoms with Crippen LogP contribution in [0.15, 0.2) is 48.5 Å². The van der Waals surface area contributed by atoms with E-state index in [-0.39, 0.29) is 29.1 Å². The Bertz CT molecular complexity index is 1170. The first-order chi connectivity index (χ1) is 13.8. The molecular weight excluding hydrogens is 425 g/mol. The number of fused-ring (bicyclic) bond motifs is 2. The molecule has 0 aliphatic heterocycles. The predicted octanol–water partition coefficient (Wildman–Crippen LogP) is 6.39. The number of hydrogen-bond donors (Lipinski definition) is 2. The van der Waals surface area contributed by atoms with Gasteiger partial charge in [-0.25, -0.2) is 4.79 Å². The topological polar surface area (TPSA) is 54.1 Å². The summed E-state index contributed by atoms with van der Waals surface area (Å²) in [5.41, 5.74) is -0.582. The molecule has 0 aliphatic rings. The van der Waals surface area contributed by atoms with E-state index in [0.717, 1.165) is 10.1 Å². The Kier molecular flexibility index (Phi) is 5.14. The second-order valence-corrected chi connectivity index (χ2v) is 7.76. The standard InChI is InChI=1S/C20H14ClF3N2O2S/c21-14-6-3-5-12-13(18(20(22,23)24)26-17(12)14)8-9-25-19(27)28-16-10-11-4-1-2-7-15(11)29-16/h1-7,10,26H,8-9H2,(H,25,27). The highest BCUT2D eigenvalue weighted by Gasteiger charge is 2.36. The van der Waals surface area contributed by atoms with Gasteiger partial charge in [0.05, 0.1) is 10.5 Å². The van der Waals surface area contributed by atoms with E-state index in [9.17, 15) is 18.0 Å². The van der Waals surface area contributed by atoms with Crippen molar-refractivity contribution in [1.29, 1.82) is 0 Å². The Morgan fingerprint density at radius 3 is 2.72 bits per heavy atom. The molecule has 29 heavy (non-hydrogen) atoms. The first-order valence-corrected chi connectivity index (χ1v) is 9.83. The monoisotopic (exact) mass is 438 g/mol. The number of para-hydroxylation sites is 1. The minimum absolute atomic E-state index is 0.0216. The molecule has 0 fully saturated rings. The largest absolute Gasteiger partial charge is 0.431 e. The Balaban J connectivity index is 1.46. The summed E-state index contributed by atoms with van der Waals surface area (Å²) in [4.78, 5) is 14.4. The molecule has 4 nitrogen and oxygen atoms in total. The molecule has 0 unspecified atom stereocenters. The van der Waals surface area contributed by atoms with Crippen molar-refractivity contribution in [3.63, 3.8) is 0 Å². The van der Waals surface area contributed by atoms with Crippen molar-refractivity contribution in [2.75, 3.05) is 6.54 Å². The zero-order valence-electron chi connectivity index (χ0n) is 14.8. The normalized spacial score (nSPS) is 11.9. The van der Waals surface area contributed by atoms with E-state index in [1.54, 1.807) is 18.2 Å². The number of rotatable bonds is 4. The van der Waals surface area contributed by atoms with Crippen LogP contribution in [0.4, 0.5) is 18.0 Å². The second kappa shape index (κ2) is 7.61. The average molecular weight is 439 g/mol. The van der Waals surface area contributed by atoms with Crippen molar-refractivity contribution in [3.05, 3.63) is 64.8 Å². The lowest BCUT2D eigenvalue weighted by molar-refractivity contribution is -0.141. The number of aromatic nitrogens is 1. The minimum atomic E-state index is -4.56. The molecule has 4 rings (SSSR count). The number of nitrogens with one attached hydrogen (secondary N) is 2. The third kappa shape index (κ3) is 4.04. The van der Waals surface area contributed by atoms with Crippen LogP contribution >= 0.6 is 22.9 Å². The summed E-state index contributed by atoms with van der Waals surface area (Å²) in [6.45, 7) is -0.0216. The Morgan fingerprint density at radius 1 is 1.17 bits per heavy atom. The molecule has 2 aromatic carbocycles. The number of H-pyrrole nitrogens is 1. The van der Waals surface area contributed by atoms with E-state index in [0.29, 0.717) is 10.4 Å². The van der Waals surface area contributed by atoms with E-state index in [4.69, 9.17) is 16.3 Å². The van der Waals surface area contributed by atoms with Crippen LogP contribution in [0.1, 0.15) is 11.3 Å². The quantitative estimate of drug-likeness (QED) is 0.388. The van der Waals surface area contributed by atoms with Crippen molar-refractivity contribution in [3.8, 4) is 5.06 Å². The minimum Gasteiger partial charge on any atom is -0.399 e. The fourth-order valence-electron chi connectivity index (χ4n) is 3.16. The maximum Gasteiger partial charge on any atom is 0.431 e. The lowest BCUT2D eigenvalue weighted by Crippen LogP contribution is -2.28. The maximum atomic E-state index is 13.4. The van der Waals surface area contributed by atoms with Crippen LogP contribution in [-0.4, -0.2) is 17.6 Å². The summed E-state index contributed by atoms with van der Waals surface area (Å²) < 4.78 is 46.4. The van der Waals surface area contributed by atoms with Gasteiger partial charge in [-0.15, -0.1) is 0 Å². The SMILES string of the molecule is O=C(NCCc1c(C(F)(F)F)[nH]c2c(Cl)cccc12)Oc1cc2ccccc2s1. The van der Waals surface area contributed by atoms with Crippen molar-refractivity contribution in [2.24, 2.45) is 0 Å². The number of aromatic amines is 1. The van der Waals surface area contributed by atoms with Gasteiger partial charge < -0.3 is 15.0 Å². The van der Waals surface area contributed by atoms with Gasteiger partial charge >= 0.3 is 12.3 Å². The molecule has 0 aliphatic carbocycles. The van der Waals surface area contributed by atoms with Crippen LogP contribution in [0.3, 0.4) is 0 Å². The average Bonchev–Trinajstić information content (AvgIpc) is 3.23. The van der Waals surface area contributed by atoms with Gasteiger partial charge in [-0.1, -0.05) is 53.3 Å². The van der Waals surface area contributed by atoms with E-state index in [1.807, 2.05) is 24.3 Å². The molecule has 0 radical (unpaired) electrons. The highest BCUT2D eigenvalue weighted by molar-refractivity contribution is 7.20. The third-order valence-electron chi connectivity index (χ3n) is 4.41. The highest BCUT2D eigenvalue weighted by Crippen LogP contribution is 2.37. The number of halogens is 4. The summed E-state index contributed by atoms with van der Waals surface area (Å²) >= 11 is 7.33. The summed E-state index contributed by atoms with van der Waals surface area (Å²) in [6.07, 6.45) is -5.31. The molecular formula is C20H14ClF3N2O2S. The van der Waals surface area contributed by atoms with Gasteiger partial charge in [0.15, 0.2) is 5.06 Å². The zero-order valence-corrected chi connectivity index (χ0v) is 16.3. The summed E-state index contributed by atoms with van der Waals surface area (Å²) in [5, 5.41) is 4.45. The first kappa shape index (κ1) is 19.6. The number of carbonyl (C=O) groups excluding carboxylic acids is 1.